The van der Waals surface area contributed by atoms with Crippen molar-refractivity contribution in [2.24, 2.45) is 0 Å². The summed E-state index contributed by atoms with van der Waals surface area (Å²) in [6.45, 7) is 4.71. The molecule has 0 aliphatic rings. The Balaban J connectivity index is 2.27. The topological polar surface area (TPSA) is 49.4 Å². The molecule has 0 radical (unpaired) electrons. The third kappa shape index (κ3) is 5.33. The number of likely N-dealkylation sites (N-methyl/N-ethyl adjacent to an activating group) is 1. The monoisotopic (exact) mass is 372 g/mol. The van der Waals surface area contributed by atoms with Crippen molar-refractivity contribution in [1.29, 1.82) is 0 Å². The fourth-order valence-corrected chi connectivity index (χ4v) is 3.10. The highest BCUT2D eigenvalue weighted by Gasteiger charge is 2.28. The van der Waals surface area contributed by atoms with E-state index in [0.29, 0.717) is 24.5 Å². The molecule has 1 N–H and O–H groups in total. The maximum atomic E-state index is 13.1. The molecule has 5 heteroatoms. The Labute approximate surface area is 160 Å². The molecule has 138 valence electrons. The number of rotatable bonds is 8. The number of halogens is 1. The van der Waals surface area contributed by atoms with E-state index in [9.17, 15) is 9.59 Å². The summed E-state index contributed by atoms with van der Waals surface area (Å²) in [6, 6.07) is 16.5. The number of benzene rings is 2. The molecule has 4 nitrogen and oxygen atoms in total. The van der Waals surface area contributed by atoms with Gasteiger partial charge in [-0.25, -0.2) is 0 Å². The molecule has 0 heterocycles. The van der Waals surface area contributed by atoms with Gasteiger partial charge < -0.3 is 10.2 Å². The van der Waals surface area contributed by atoms with Crippen LogP contribution in [0.3, 0.4) is 0 Å². The number of carbonyl (C=O) groups is 2. The molecule has 2 aromatic carbocycles. The van der Waals surface area contributed by atoms with Crippen LogP contribution in [0.4, 0.5) is 0 Å². The van der Waals surface area contributed by atoms with Crippen LogP contribution < -0.4 is 5.32 Å². The third-order valence-corrected chi connectivity index (χ3v) is 4.60. The number of nitrogens with one attached hydrogen (secondary N) is 1. The molecule has 0 bridgehead atoms. The Morgan fingerprint density at radius 1 is 1.04 bits per heavy atom. The zero-order valence-corrected chi connectivity index (χ0v) is 16.0. The molecule has 2 amide bonds. The SMILES string of the molecule is CCNC(=O)C(CC)N(Cc1ccccc1)C(=O)Cc1ccccc1Cl. The molecule has 0 fully saturated rings. The molecule has 0 aliphatic carbocycles. The molecule has 1 atom stereocenters. The number of nitrogens with zero attached hydrogens (tertiary/aromatic N) is 1. The Bertz CT molecular complexity index is 734. The molecule has 26 heavy (non-hydrogen) atoms. The average Bonchev–Trinajstić information content (AvgIpc) is 2.64. The fraction of sp³-hybridized carbons (Fsp3) is 0.333. The lowest BCUT2D eigenvalue weighted by molar-refractivity contribution is -0.140. The molecule has 0 aromatic heterocycles. The second-order valence-electron chi connectivity index (χ2n) is 6.09. The van der Waals surface area contributed by atoms with Crippen LogP contribution in [0.2, 0.25) is 5.02 Å². The first-order valence-corrected chi connectivity index (χ1v) is 9.29. The van der Waals surface area contributed by atoms with Gasteiger partial charge in [-0.1, -0.05) is 67.1 Å². The Morgan fingerprint density at radius 2 is 1.69 bits per heavy atom. The zero-order valence-electron chi connectivity index (χ0n) is 15.2. The molecule has 0 spiro atoms. The van der Waals surface area contributed by atoms with Gasteiger partial charge in [-0.3, -0.25) is 9.59 Å². The summed E-state index contributed by atoms with van der Waals surface area (Å²) in [5.74, 6) is -0.238. The van der Waals surface area contributed by atoms with Gasteiger partial charge in [0.2, 0.25) is 11.8 Å². The van der Waals surface area contributed by atoms with Crippen molar-refractivity contribution in [3.63, 3.8) is 0 Å². The maximum Gasteiger partial charge on any atom is 0.242 e. The summed E-state index contributed by atoms with van der Waals surface area (Å²) in [4.78, 5) is 27.2. The first-order chi connectivity index (χ1) is 12.6. The molecule has 0 aliphatic heterocycles. The second-order valence-corrected chi connectivity index (χ2v) is 6.50. The quantitative estimate of drug-likeness (QED) is 0.765. The van der Waals surface area contributed by atoms with Gasteiger partial charge in [-0.2, -0.15) is 0 Å². The van der Waals surface area contributed by atoms with Crippen molar-refractivity contribution in [2.75, 3.05) is 6.54 Å². The van der Waals surface area contributed by atoms with E-state index in [2.05, 4.69) is 5.32 Å². The largest absolute Gasteiger partial charge is 0.355 e. The predicted molar refractivity (Wildman–Crippen MR) is 105 cm³/mol. The Hall–Kier alpha value is -2.33. The molecule has 0 saturated heterocycles. The molecular weight excluding hydrogens is 348 g/mol. The predicted octanol–water partition coefficient (Wildman–Crippen LogP) is 3.83. The summed E-state index contributed by atoms with van der Waals surface area (Å²) in [7, 11) is 0. The standard InChI is InChI=1S/C21H25ClN2O2/c1-3-19(21(26)23-4-2)24(15-16-10-6-5-7-11-16)20(25)14-17-12-8-9-13-18(17)22/h5-13,19H,3-4,14-15H2,1-2H3,(H,23,26). The summed E-state index contributed by atoms with van der Waals surface area (Å²) in [5.41, 5.74) is 1.76. The maximum absolute atomic E-state index is 13.1. The highest BCUT2D eigenvalue weighted by molar-refractivity contribution is 6.31. The molecule has 2 rings (SSSR count). The zero-order chi connectivity index (χ0) is 18.9. The van der Waals surface area contributed by atoms with Gasteiger partial charge in [0.1, 0.15) is 6.04 Å². The van der Waals surface area contributed by atoms with Crippen molar-refractivity contribution >= 4 is 23.4 Å². The molecular formula is C21H25ClN2O2. The van der Waals surface area contributed by atoms with Gasteiger partial charge in [0.15, 0.2) is 0 Å². The van der Waals surface area contributed by atoms with Crippen LogP contribution in [0.1, 0.15) is 31.4 Å². The lowest BCUT2D eigenvalue weighted by atomic mass is 10.1. The van der Waals surface area contributed by atoms with Crippen LogP contribution in [-0.4, -0.2) is 29.3 Å². The van der Waals surface area contributed by atoms with E-state index >= 15 is 0 Å². The summed E-state index contributed by atoms with van der Waals surface area (Å²) in [5, 5.41) is 3.40. The smallest absolute Gasteiger partial charge is 0.242 e. The van der Waals surface area contributed by atoms with E-state index in [4.69, 9.17) is 11.6 Å². The molecule has 0 saturated carbocycles. The number of amides is 2. The lowest BCUT2D eigenvalue weighted by Gasteiger charge is -2.30. The van der Waals surface area contributed by atoms with Crippen LogP contribution in [0.15, 0.2) is 54.6 Å². The molecule has 2 aromatic rings. The second kappa shape index (κ2) is 9.97. The van der Waals surface area contributed by atoms with E-state index in [-0.39, 0.29) is 18.2 Å². The van der Waals surface area contributed by atoms with E-state index in [1.807, 2.05) is 62.4 Å². The van der Waals surface area contributed by atoms with Crippen LogP contribution in [0, 0.1) is 0 Å². The summed E-state index contributed by atoms with van der Waals surface area (Å²) >= 11 is 6.21. The third-order valence-electron chi connectivity index (χ3n) is 4.23. The van der Waals surface area contributed by atoms with E-state index in [1.54, 1.807) is 11.0 Å². The highest BCUT2D eigenvalue weighted by atomic mass is 35.5. The van der Waals surface area contributed by atoms with Crippen LogP contribution >= 0.6 is 11.6 Å². The van der Waals surface area contributed by atoms with Gasteiger partial charge in [-0.05, 0) is 30.5 Å². The number of carbonyl (C=O) groups excluding carboxylic acids is 2. The minimum Gasteiger partial charge on any atom is -0.355 e. The van der Waals surface area contributed by atoms with E-state index in [1.165, 1.54) is 0 Å². The van der Waals surface area contributed by atoms with Crippen molar-refractivity contribution < 1.29 is 9.59 Å². The Morgan fingerprint density at radius 3 is 2.31 bits per heavy atom. The van der Waals surface area contributed by atoms with Crippen LogP contribution in [0.25, 0.3) is 0 Å². The first kappa shape index (κ1) is 20.0. The molecule has 1 unspecified atom stereocenters. The van der Waals surface area contributed by atoms with Gasteiger partial charge in [0, 0.05) is 18.1 Å². The minimum absolute atomic E-state index is 0.111. The van der Waals surface area contributed by atoms with Gasteiger partial charge >= 0.3 is 0 Å². The first-order valence-electron chi connectivity index (χ1n) is 8.91. The highest BCUT2D eigenvalue weighted by Crippen LogP contribution is 2.19. The van der Waals surface area contributed by atoms with E-state index in [0.717, 1.165) is 11.1 Å². The van der Waals surface area contributed by atoms with Crippen LogP contribution in [0.5, 0.6) is 0 Å². The minimum atomic E-state index is -0.509. The Kier molecular flexibility index (Phi) is 7.67. The van der Waals surface area contributed by atoms with Crippen molar-refractivity contribution in [3.05, 3.63) is 70.7 Å². The summed E-state index contributed by atoms with van der Waals surface area (Å²) in [6.07, 6.45) is 0.718. The van der Waals surface area contributed by atoms with Crippen molar-refractivity contribution in [2.45, 2.75) is 39.3 Å². The lowest BCUT2D eigenvalue weighted by Crippen LogP contribution is -2.49. The number of hydrogen-bond donors (Lipinski definition) is 1. The van der Waals surface area contributed by atoms with E-state index < -0.39 is 6.04 Å². The van der Waals surface area contributed by atoms with Crippen LogP contribution in [-0.2, 0) is 22.6 Å². The fourth-order valence-electron chi connectivity index (χ4n) is 2.90. The number of hydrogen-bond acceptors (Lipinski definition) is 2. The summed E-state index contributed by atoms with van der Waals surface area (Å²) < 4.78 is 0. The van der Waals surface area contributed by atoms with Gasteiger partial charge in [0.05, 0.1) is 6.42 Å². The van der Waals surface area contributed by atoms with Crippen molar-refractivity contribution in [3.8, 4) is 0 Å². The average molecular weight is 373 g/mol. The normalized spacial score (nSPS) is 11.7. The van der Waals surface area contributed by atoms with Crippen molar-refractivity contribution in [1.82, 2.24) is 10.2 Å². The van der Waals surface area contributed by atoms with Gasteiger partial charge in [0.25, 0.3) is 0 Å². The van der Waals surface area contributed by atoms with Gasteiger partial charge in [-0.15, -0.1) is 0 Å².